The maximum Gasteiger partial charge on any atom is 0.194 e. The number of anilines is 2. The maximum absolute atomic E-state index is 5.53. The summed E-state index contributed by atoms with van der Waals surface area (Å²) >= 11 is 7.41. The Kier molecular flexibility index (Phi) is 2.82. The van der Waals surface area contributed by atoms with Gasteiger partial charge in [0.05, 0.1) is 5.69 Å². The van der Waals surface area contributed by atoms with Gasteiger partial charge in [0.25, 0.3) is 0 Å². The molecule has 5 heteroatoms. The van der Waals surface area contributed by atoms with Gasteiger partial charge in [0.15, 0.2) is 5.11 Å². The molecule has 0 aliphatic carbocycles. The lowest BCUT2D eigenvalue weighted by Crippen LogP contribution is -2.45. The second kappa shape index (κ2) is 4.68. The van der Waals surface area contributed by atoms with Crippen LogP contribution in [0.25, 0.3) is 0 Å². The van der Waals surface area contributed by atoms with Crippen LogP contribution in [0.5, 0.6) is 0 Å². The van der Waals surface area contributed by atoms with Gasteiger partial charge in [-0.05, 0) is 36.5 Å². The highest BCUT2D eigenvalue weighted by atomic mass is 32.2. The van der Waals surface area contributed by atoms with E-state index in [4.69, 9.17) is 12.2 Å². The molecule has 2 heterocycles. The molecule has 0 saturated carbocycles. The number of para-hydroxylation sites is 2. The van der Waals surface area contributed by atoms with Gasteiger partial charge < -0.3 is 0 Å². The Morgan fingerprint density at radius 3 is 2.65 bits per heavy atom. The number of nitrogens with zero attached hydrogens (tertiary/aromatic N) is 2. The minimum Gasteiger partial charge on any atom is -0.294 e. The molecule has 2 aliphatic rings. The van der Waals surface area contributed by atoms with E-state index in [1.54, 1.807) is 0 Å². The molecule has 1 unspecified atom stereocenters. The Labute approximate surface area is 127 Å². The second-order valence-corrected chi connectivity index (χ2v) is 6.20. The summed E-state index contributed by atoms with van der Waals surface area (Å²) in [5, 5.41) is 2.94. The van der Waals surface area contributed by atoms with E-state index in [1.807, 2.05) is 30.0 Å². The van der Waals surface area contributed by atoms with Gasteiger partial charge in [0.1, 0.15) is 6.17 Å². The average molecular weight is 299 g/mol. The van der Waals surface area contributed by atoms with E-state index in [-0.39, 0.29) is 6.17 Å². The third kappa shape index (κ3) is 1.77. The van der Waals surface area contributed by atoms with Crippen molar-refractivity contribution in [2.45, 2.75) is 11.1 Å². The topological polar surface area (TPSA) is 18.5 Å². The minimum absolute atomic E-state index is 0.227. The molecule has 20 heavy (non-hydrogen) atoms. The van der Waals surface area contributed by atoms with E-state index in [9.17, 15) is 0 Å². The first-order valence-corrected chi connectivity index (χ1v) is 7.90. The fourth-order valence-electron chi connectivity index (χ4n) is 2.67. The number of benzene rings is 2. The van der Waals surface area contributed by atoms with E-state index in [2.05, 4.69) is 51.7 Å². The smallest absolute Gasteiger partial charge is 0.194 e. The predicted octanol–water partition coefficient (Wildman–Crippen LogP) is 3.23. The zero-order chi connectivity index (χ0) is 13.5. The van der Waals surface area contributed by atoms with Crippen molar-refractivity contribution in [1.82, 2.24) is 5.43 Å². The molecule has 0 bridgehead atoms. The molecule has 4 rings (SSSR count). The van der Waals surface area contributed by atoms with E-state index in [0.717, 1.165) is 16.6 Å². The van der Waals surface area contributed by atoms with Crippen molar-refractivity contribution in [3.05, 3.63) is 54.6 Å². The van der Waals surface area contributed by atoms with Crippen LogP contribution in [0.1, 0.15) is 0 Å². The molecule has 2 aromatic rings. The number of fused-ring (bicyclic) bond motifs is 3. The molecule has 1 fully saturated rings. The van der Waals surface area contributed by atoms with Crippen LogP contribution in [-0.4, -0.2) is 17.0 Å². The molecule has 3 nitrogen and oxygen atoms in total. The van der Waals surface area contributed by atoms with Gasteiger partial charge in [-0.1, -0.05) is 30.3 Å². The number of thioether (sulfide) groups is 1. The molecule has 1 N–H and O–H groups in total. The maximum atomic E-state index is 5.53. The SMILES string of the molecule is S=C1NN2c3ccccc3SCC2N1c1ccccc1. The van der Waals surface area contributed by atoms with Crippen molar-refractivity contribution in [3.8, 4) is 0 Å². The molecule has 100 valence electrons. The molecule has 2 aromatic carbocycles. The lowest BCUT2D eigenvalue weighted by Gasteiger charge is -2.34. The van der Waals surface area contributed by atoms with Gasteiger partial charge >= 0.3 is 0 Å². The number of hydrogen-bond acceptors (Lipinski definition) is 3. The van der Waals surface area contributed by atoms with Crippen LogP contribution in [0, 0.1) is 0 Å². The Balaban J connectivity index is 1.75. The Bertz CT molecular complexity index is 659. The summed E-state index contributed by atoms with van der Waals surface area (Å²) < 4.78 is 0. The zero-order valence-electron chi connectivity index (χ0n) is 10.7. The van der Waals surface area contributed by atoms with Crippen LogP contribution < -0.4 is 15.3 Å². The predicted molar refractivity (Wildman–Crippen MR) is 88.1 cm³/mol. The molecule has 0 radical (unpaired) electrons. The zero-order valence-corrected chi connectivity index (χ0v) is 12.3. The lowest BCUT2D eigenvalue weighted by molar-refractivity contribution is 0.689. The Hall–Kier alpha value is -1.72. The number of thiocarbonyl (C=S) groups is 1. The van der Waals surface area contributed by atoms with Crippen LogP contribution in [-0.2, 0) is 0 Å². The van der Waals surface area contributed by atoms with Crippen LogP contribution in [0.4, 0.5) is 11.4 Å². The molecule has 2 aliphatic heterocycles. The highest BCUT2D eigenvalue weighted by Gasteiger charge is 2.39. The van der Waals surface area contributed by atoms with Crippen molar-refractivity contribution >= 4 is 40.5 Å². The minimum atomic E-state index is 0.227. The summed E-state index contributed by atoms with van der Waals surface area (Å²) in [5.41, 5.74) is 5.68. The van der Waals surface area contributed by atoms with Crippen LogP contribution >= 0.6 is 24.0 Å². The standard InChI is InChI=1S/C15H13N3S2/c19-15-16-18-12-8-4-5-9-13(12)20-10-14(18)17(15)11-6-2-1-3-7-11/h1-9,14H,10H2,(H,16,19). The quantitative estimate of drug-likeness (QED) is 0.813. The Morgan fingerprint density at radius 2 is 1.80 bits per heavy atom. The fourth-order valence-corrected chi connectivity index (χ4v) is 4.11. The lowest BCUT2D eigenvalue weighted by atomic mass is 10.2. The van der Waals surface area contributed by atoms with Gasteiger partial charge in [0.2, 0.25) is 0 Å². The summed E-state index contributed by atoms with van der Waals surface area (Å²) in [6.45, 7) is 0. The van der Waals surface area contributed by atoms with Crippen LogP contribution in [0.2, 0.25) is 0 Å². The first-order chi connectivity index (χ1) is 9.84. The van der Waals surface area contributed by atoms with Gasteiger partial charge in [0, 0.05) is 16.3 Å². The van der Waals surface area contributed by atoms with Gasteiger partial charge in [-0.2, -0.15) is 0 Å². The van der Waals surface area contributed by atoms with Crippen molar-refractivity contribution < 1.29 is 0 Å². The number of nitrogens with one attached hydrogen (secondary N) is 1. The highest BCUT2D eigenvalue weighted by Crippen LogP contribution is 2.40. The molecule has 0 spiro atoms. The second-order valence-electron chi connectivity index (χ2n) is 4.75. The molecule has 0 amide bonds. The largest absolute Gasteiger partial charge is 0.294 e. The van der Waals surface area contributed by atoms with Crippen molar-refractivity contribution in [2.24, 2.45) is 0 Å². The first kappa shape index (κ1) is 12.1. The van der Waals surface area contributed by atoms with Gasteiger partial charge in [-0.25, -0.2) is 0 Å². The van der Waals surface area contributed by atoms with Crippen LogP contribution in [0.15, 0.2) is 59.5 Å². The first-order valence-electron chi connectivity index (χ1n) is 6.50. The van der Waals surface area contributed by atoms with Gasteiger partial charge in [-0.3, -0.25) is 15.3 Å². The van der Waals surface area contributed by atoms with E-state index in [0.29, 0.717) is 0 Å². The van der Waals surface area contributed by atoms with Crippen molar-refractivity contribution in [3.63, 3.8) is 0 Å². The summed E-state index contributed by atoms with van der Waals surface area (Å²) in [5.74, 6) is 0.985. The Morgan fingerprint density at radius 1 is 1.05 bits per heavy atom. The van der Waals surface area contributed by atoms with Crippen molar-refractivity contribution in [2.75, 3.05) is 15.7 Å². The summed E-state index contributed by atoms with van der Waals surface area (Å²) in [7, 11) is 0. The molecule has 1 atom stereocenters. The van der Waals surface area contributed by atoms with Crippen LogP contribution in [0.3, 0.4) is 0 Å². The highest BCUT2D eigenvalue weighted by molar-refractivity contribution is 7.99. The summed E-state index contributed by atoms with van der Waals surface area (Å²) in [6.07, 6.45) is 0.227. The van der Waals surface area contributed by atoms with E-state index in [1.165, 1.54) is 10.6 Å². The fraction of sp³-hybridized carbons (Fsp3) is 0.133. The van der Waals surface area contributed by atoms with E-state index < -0.39 is 0 Å². The van der Waals surface area contributed by atoms with E-state index >= 15 is 0 Å². The number of rotatable bonds is 1. The molecule has 1 saturated heterocycles. The summed E-state index contributed by atoms with van der Waals surface area (Å²) in [4.78, 5) is 3.49. The molecule has 0 aromatic heterocycles. The monoisotopic (exact) mass is 299 g/mol. The normalized spacial score (nSPS) is 20.4. The molecular formula is C15H13N3S2. The third-order valence-electron chi connectivity index (χ3n) is 3.58. The number of hydrazine groups is 1. The molecular weight excluding hydrogens is 286 g/mol. The summed E-state index contributed by atoms with van der Waals surface area (Å²) in [6, 6.07) is 18.8. The van der Waals surface area contributed by atoms with Gasteiger partial charge in [-0.15, -0.1) is 11.8 Å². The average Bonchev–Trinajstić information content (AvgIpc) is 2.84. The van der Waals surface area contributed by atoms with Crippen molar-refractivity contribution in [1.29, 1.82) is 0 Å². The number of hydrogen-bond donors (Lipinski definition) is 1. The third-order valence-corrected chi connectivity index (χ3v) is 4.99.